The number of thioether (sulfide) groups is 1. The third-order valence-electron chi connectivity index (χ3n) is 2.95. The molecule has 1 aromatic rings. The molecule has 2 heterocycles. The van der Waals surface area contributed by atoms with E-state index in [-0.39, 0.29) is 0 Å². The molecule has 0 radical (unpaired) electrons. The van der Waals surface area contributed by atoms with Gasteiger partial charge in [0, 0.05) is 25.3 Å². The van der Waals surface area contributed by atoms with Crippen LogP contribution in [0.2, 0.25) is 0 Å². The van der Waals surface area contributed by atoms with Gasteiger partial charge in [0.1, 0.15) is 5.82 Å². The molecule has 0 amide bonds. The van der Waals surface area contributed by atoms with E-state index in [2.05, 4.69) is 20.2 Å². The van der Waals surface area contributed by atoms with E-state index < -0.39 is 0 Å². The van der Waals surface area contributed by atoms with E-state index in [0.29, 0.717) is 6.04 Å². The van der Waals surface area contributed by atoms with Crippen molar-refractivity contribution in [2.75, 3.05) is 31.3 Å². The number of nitrogens with one attached hydrogen (secondary N) is 1. The third-order valence-corrected chi connectivity index (χ3v) is 3.52. The molecule has 0 aliphatic carbocycles. The number of rotatable bonds is 3. The fraction of sp³-hybridized carbons (Fsp3) is 0.636. The quantitative estimate of drug-likeness (QED) is 0.636. The molecule has 1 aliphatic heterocycles. The third kappa shape index (κ3) is 2.65. The SMILES string of the molecule is CN[C@@H]1CCCN(c2ccnc(SC)n2)C1. The Hall–Kier alpha value is -0.810. The first-order chi connectivity index (χ1) is 7.83. The van der Waals surface area contributed by atoms with Gasteiger partial charge in [-0.25, -0.2) is 9.97 Å². The van der Waals surface area contributed by atoms with Gasteiger partial charge < -0.3 is 10.2 Å². The number of likely N-dealkylation sites (N-methyl/N-ethyl adjacent to an activating group) is 1. The van der Waals surface area contributed by atoms with Crippen LogP contribution in [0.5, 0.6) is 0 Å². The smallest absolute Gasteiger partial charge is 0.189 e. The van der Waals surface area contributed by atoms with Gasteiger partial charge in [0.05, 0.1) is 0 Å². The summed E-state index contributed by atoms with van der Waals surface area (Å²) in [5.74, 6) is 1.05. The van der Waals surface area contributed by atoms with Gasteiger partial charge in [0.2, 0.25) is 0 Å². The van der Waals surface area contributed by atoms with Gasteiger partial charge in [-0.1, -0.05) is 11.8 Å². The highest BCUT2D eigenvalue weighted by Gasteiger charge is 2.19. The average molecular weight is 238 g/mol. The summed E-state index contributed by atoms with van der Waals surface area (Å²) in [4.78, 5) is 11.1. The van der Waals surface area contributed by atoms with Crippen molar-refractivity contribution in [2.45, 2.75) is 24.0 Å². The molecule has 2 rings (SSSR count). The fourth-order valence-electron chi connectivity index (χ4n) is 2.03. The highest BCUT2D eigenvalue weighted by molar-refractivity contribution is 7.98. The zero-order valence-electron chi connectivity index (χ0n) is 9.81. The van der Waals surface area contributed by atoms with Crippen LogP contribution in [0, 0.1) is 0 Å². The van der Waals surface area contributed by atoms with E-state index >= 15 is 0 Å². The lowest BCUT2D eigenvalue weighted by atomic mass is 10.1. The number of hydrogen-bond acceptors (Lipinski definition) is 5. The summed E-state index contributed by atoms with van der Waals surface area (Å²) >= 11 is 1.59. The van der Waals surface area contributed by atoms with Gasteiger partial charge in [0.15, 0.2) is 5.16 Å². The van der Waals surface area contributed by atoms with Crippen molar-refractivity contribution in [3.05, 3.63) is 12.3 Å². The van der Waals surface area contributed by atoms with Crippen molar-refractivity contribution in [3.8, 4) is 0 Å². The van der Waals surface area contributed by atoms with Crippen LogP contribution in [-0.4, -0.2) is 42.4 Å². The number of aromatic nitrogens is 2. The van der Waals surface area contributed by atoms with Crippen LogP contribution in [-0.2, 0) is 0 Å². The Morgan fingerprint density at radius 2 is 2.44 bits per heavy atom. The van der Waals surface area contributed by atoms with Gasteiger partial charge >= 0.3 is 0 Å². The summed E-state index contributed by atoms with van der Waals surface area (Å²) in [6.45, 7) is 2.14. The normalized spacial score (nSPS) is 21.1. The molecule has 4 nitrogen and oxygen atoms in total. The van der Waals surface area contributed by atoms with Crippen molar-refractivity contribution in [2.24, 2.45) is 0 Å². The summed E-state index contributed by atoms with van der Waals surface area (Å²) in [5.41, 5.74) is 0. The summed E-state index contributed by atoms with van der Waals surface area (Å²) in [6.07, 6.45) is 6.33. The van der Waals surface area contributed by atoms with E-state index in [1.165, 1.54) is 12.8 Å². The Balaban J connectivity index is 2.10. The van der Waals surface area contributed by atoms with E-state index in [1.807, 2.05) is 25.6 Å². The second kappa shape index (κ2) is 5.50. The van der Waals surface area contributed by atoms with Crippen molar-refractivity contribution >= 4 is 17.6 Å². The minimum atomic E-state index is 0.585. The summed E-state index contributed by atoms with van der Waals surface area (Å²) < 4.78 is 0. The molecule has 1 N–H and O–H groups in total. The monoisotopic (exact) mass is 238 g/mol. The zero-order chi connectivity index (χ0) is 11.4. The Bertz CT molecular complexity index is 345. The molecule has 1 aromatic heterocycles. The van der Waals surface area contributed by atoms with Gasteiger partial charge in [-0.2, -0.15) is 0 Å². The molecule has 0 aromatic carbocycles. The molecule has 1 saturated heterocycles. The van der Waals surface area contributed by atoms with Crippen molar-refractivity contribution in [3.63, 3.8) is 0 Å². The molecule has 0 unspecified atom stereocenters. The molecule has 0 spiro atoms. The lowest BCUT2D eigenvalue weighted by Gasteiger charge is -2.33. The first-order valence-corrected chi connectivity index (χ1v) is 6.85. The standard InChI is InChI=1S/C11H18N4S/c1-12-9-4-3-7-15(8-9)10-5-6-13-11(14-10)16-2/h5-6,9,12H,3-4,7-8H2,1-2H3/t9-/m1/s1. The van der Waals surface area contributed by atoms with Crippen LogP contribution in [0.15, 0.2) is 17.4 Å². The lowest BCUT2D eigenvalue weighted by molar-refractivity contribution is 0.447. The number of anilines is 1. The number of hydrogen-bond donors (Lipinski definition) is 1. The predicted octanol–water partition coefficient (Wildman–Crippen LogP) is 1.39. The highest BCUT2D eigenvalue weighted by Crippen LogP contribution is 2.19. The van der Waals surface area contributed by atoms with E-state index in [4.69, 9.17) is 0 Å². The fourth-order valence-corrected chi connectivity index (χ4v) is 2.38. The number of nitrogens with zero attached hydrogens (tertiary/aromatic N) is 3. The van der Waals surface area contributed by atoms with Crippen LogP contribution in [0.3, 0.4) is 0 Å². The van der Waals surface area contributed by atoms with E-state index in [1.54, 1.807) is 11.8 Å². The van der Waals surface area contributed by atoms with Gasteiger partial charge in [-0.3, -0.25) is 0 Å². The summed E-state index contributed by atoms with van der Waals surface area (Å²) in [7, 11) is 2.03. The van der Waals surface area contributed by atoms with Crippen LogP contribution in [0.25, 0.3) is 0 Å². The first kappa shape index (κ1) is 11.7. The predicted molar refractivity (Wildman–Crippen MR) is 68.1 cm³/mol. The van der Waals surface area contributed by atoms with Crippen LogP contribution < -0.4 is 10.2 Å². The molecular weight excluding hydrogens is 220 g/mol. The minimum Gasteiger partial charge on any atom is -0.355 e. The molecule has 88 valence electrons. The molecule has 0 bridgehead atoms. The van der Waals surface area contributed by atoms with Crippen molar-refractivity contribution in [1.29, 1.82) is 0 Å². The second-order valence-corrected chi connectivity index (χ2v) is 4.75. The molecule has 0 saturated carbocycles. The first-order valence-electron chi connectivity index (χ1n) is 5.62. The summed E-state index contributed by atoms with van der Waals surface area (Å²) in [6, 6.07) is 2.58. The molecule has 5 heteroatoms. The Kier molecular flexibility index (Phi) is 4.01. The molecular formula is C11H18N4S. The van der Waals surface area contributed by atoms with Gasteiger partial charge in [0.25, 0.3) is 0 Å². The maximum absolute atomic E-state index is 4.53. The van der Waals surface area contributed by atoms with E-state index in [9.17, 15) is 0 Å². The molecule has 16 heavy (non-hydrogen) atoms. The Morgan fingerprint density at radius 1 is 1.56 bits per heavy atom. The van der Waals surface area contributed by atoms with Crippen molar-refractivity contribution in [1.82, 2.24) is 15.3 Å². The largest absolute Gasteiger partial charge is 0.355 e. The van der Waals surface area contributed by atoms with Crippen LogP contribution in [0.1, 0.15) is 12.8 Å². The lowest BCUT2D eigenvalue weighted by Crippen LogP contribution is -2.44. The Labute approximate surface area is 101 Å². The van der Waals surface area contributed by atoms with Crippen LogP contribution in [0.4, 0.5) is 5.82 Å². The highest BCUT2D eigenvalue weighted by atomic mass is 32.2. The van der Waals surface area contributed by atoms with Gasteiger partial charge in [-0.15, -0.1) is 0 Å². The molecule has 1 atom stereocenters. The second-order valence-electron chi connectivity index (χ2n) is 3.98. The van der Waals surface area contributed by atoms with E-state index in [0.717, 1.165) is 24.1 Å². The molecule has 1 fully saturated rings. The van der Waals surface area contributed by atoms with Crippen molar-refractivity contribution < 1.29 is 0 Å². The maximum Gasteiger partial charge on any atom is 0.189 e. The number of piperidine rings is 1. The van der Waals surface area contributed by atoms with Gasteiger partial charge in [-0.05, 0) is 32.2 Å². The molecule has 1 aliphatic rings. The Morgan fingerprint density at radius 3 is 3.19 bits per heavy atom. The van der Waals surface area contributed by atoms with Crippen LogP contribution >= 0.6 is 11.8 Å². The maximum atomic E-state index is 4.53. The summed E-state index contributed by atoms with van der Waals surface area (Å²) in [5, 5.41) is 4.19. The zero-order valence-corrected chi connectivity index (χ0v) is 10.6. The topological polar surface area (TPSA) is 41.0 Å². The average Bonchev–Trinajstić information content (AvgIpc) is 2.39. The minimum absolute atomic E-state index is 0.585.